The molecular weight excluding hydrogens is 414 g/mol. The molecule has 0 aliphatic carbocycles. The molecule has 0 saturated heterocycles. The van der Waals surface area contributed by atoms with Crippen molar-refractivity contribution >= 4 is 23.3 Å². The van der Waals surface area contributed by atoms with Crippen LogP contribution in [0.5, 0.6) is 5.75 Å². The summed E-state index contributed by atoms with van der Waals surface area (Å²) in [5.41, 5.74) is 5.41. The summed E-state index contributed by atoms with van der Waals surface area (Å²) in [7, 11) is 1.82. The van der Waals surface area contributed by atoms with Crippen LogP contribution in [0.25, 0.3) is 22.6 Å². The van der Waals surface area contributed by atoms with Crippen molar-refractivity contribution in [2.24, 2.45) is 0 Å². The number of allylic oxidation sites excluding steroid dienone is 1. The van der Waals surface area contributed by atoms with Gasteiger partial charge in [-0.2, -0.15) is 0 Å². The van der Waals surface area contributed by atoms with Gasteiger partial charge in [-0.1, -0.05) is 31.2 Å². The Kier molecular flexibility index (Phi) is 6.94. The molecule has 4 aromatic rings. The number of rotatable bonds is 10. The summed E-state index contributed by atoms with van der Waals surface area (Å²) in [5, 5.41) is 13.9. The van der Waals surface area contributed by atoms with Gasteiger partial charge in [0, 0.05) is 49.9 Å². The number of fused-ring (bicyclic) bond motifs is 1. The van der Waals surface area contributed by atoms with E-state index in [9.17, 15) is 0 Å². The molecule has 0 radical (unpaired) electrons. The summed E-state index contributed by atoms with van der Waals surface area (Å²) in [4.78, 5) is 13.3. The summed E-state index contributed by atoms with van der Waals surface area (Å²) in [6, 6.07) is 13.9. The smallest absolute Gasteiger partial charge is 0.140 e. The predicted molar refractivity (Wildman–Crippen MR) is 132 cm³/mol. The molecule has 0 bridgehead atoms. The summed E-state index contributed by atoms with van der Waals surface area (Å²) in [6.07, 6.45) is 9.42. The van der Waals surface area contributed by atoms with E-state index in [1.807, 2.05) is 72.5 Å². The van der Waals surface area contributed by atoms with Crippen LogP contribution in [-0.4, -0.2) is 39.2 Å². The Hall–Kier alpha value is -4.20. The zero-order chi connectivity index (χ0) is 23.0. The van der Waals surface area contributed by atoms with Crippen molar-refractivity contribution in [1.29, 1.82) is 5.41 Å². The Morgan fingerprint density at radius 2 is 1.97 bits per heavy atom. The fourth-order valence-electron chi connectivity index (χ4n) is 3.43. The molecular formula is C25H27N7O. The van der Waals surface area contributed by atoms with Crippen LogP contribution in [0.3, 0.4) is 0 Å². The van der Waals surface area contributed by atoms with Gasteiger partial charge in [0.25, 0.3) is 0 Å². The zero-order valence-electron chi connectivity index (χ0n) is 18.7. The summed E-state index contributed by atoms with van der Waals surface area (Å²) >= 11 is 0. The van der Waals surface area contributed by atoms with E-state index in [1.54, 1.807) is 6.33 Å². The SMILES string of the molecule is CCCOc1ccn2c(-c3cc(NCc4ccc(/C(C=N)=C/NC)cc4)ncn3)cnc2c1. The topological polar surface area (TPSA) is 100 Å². The third-order valence-corrected chi connectivity index (χ3v) is 5.10. The first-order chi connectivity index (χ1) is 16.2. The Balaban J connectivity index is 1.47. The first-order valence-corrected chi connectivity index (χ1v) is 10.8. The predicted octanol–water partition coefficient (Wildman–Crippen LogP) is 4.40. The van der Waals surface area contributed by atoms with Gasteiger partial charge >= 0.3 is 0 Å². The van der Waals surface area contributed by atoms with Gasteiger partial charge in [-0.25, -0.2) is 15.0 Å². The van der Waals surface area contributed by atoms with Crippen molar-refractivity contribution in [2.75, 3.05) is 19.0 Å². The number of ether oxygens (including phenoxy) is 1. The van der Waals surface area contributed by atoms with Crippen molar-refractivity contribution in [3.63, 3.8) is 0 Å². The number of anilines is 1. The van der Waals surface area contributed by atoms with Gasteiger partial charge in [0.2, 0.25) is 0 Å². The third kappa shape index (κ3) is 5.17. The molecule has 4 rings (SSSR count). The number of nitrogens with one attached hydrogen (secondary N) is 3. The number of hydrogen-bond acceptors (Lipinski definition) is 7. The van der Waals surface area contributed by atoms with Crippen LogP contribution < -0.4 is 15.4 Å². The van der Waals surface area contributed by atoms with E-state index in [1.165, 1.54) is 6.21 Å². The van der Waals surface area contributed by atoms with E-state index in [0.717, 1.165) is 51.7 Å². The highest BCUT2D eigenvalue weighted by atomic mass is 16.5. The normalized spacial score (nSPS) is 11.4. The first kappa shape index (κ1) is 22.0. The Labute approximate surface area is 192 Å². The van der Waals surface area contributed by atoms with Crippen LogP contribution in [-0.2, 0) is 6.54 Å². The molecule has 0 spiro atoms. The van der Waals surface area contributed by atoms with Gasteiger partial charge in [0.05, 0.1) is 24.2 Å². The van der Waals surface area contributed by atoms with Crippen molar-refractivity contribution in [3.8, 4) is 17.1 Å². The van der Waals surface area contributed by atoms with Gasteiger partial charge in [0.15, 0.2) is 0 Å². The van der Waals surface area contributed by atoms with Gasteiger partial charge in [-0.15, -0.1) is 0 Å². The maximum absolute atomic E-state index is 7.54. The molecule has 0 amide bonds. The number of benzene rings is 1. The summed E-state index contributed by atoms with van der Waals surface area (Å²) < 4.78 is 7.69. The molecule has 0 aliphatic rings. The fraction of sp³-hybridized carbons (Fsp3) is 0.200. The lowest BCUT2D eigenvalue weighted by Gasteiger charge is -2.09. The second kappa shape index (κ2) is 10.4. The van der Waals surface area contributed by atoms with Gasteiger partial charge < -0.3 is 20.8 Å². The Bertz CT molecular complexity index is 1260. The van der Waals surface area contributed by atoms with Crippen LogP contribution in [0, 0.1) is 5.41 Å². The Morgan fingerprint density at radius 3 is 2.73 bits per heavy atom. The molecule has 8 heteroatoms. The van der Waals surface area contributed by atoms with E-state index < -0.39 is 0 Å². The van der Waals surface area contributed by atoms with Gasteiger partial charge in [0.1, 0.15) is 23.5 Å². The molecule has 3 aromatic heterocycles. The monoisotopic (exact) mass is 441 g/mol. The Morgan fingerprint density at radius 1 is 1.12 bits per heavy atom. The quantitative estimate of drug-likeness (QED) is 0.315. The molecule has 3 N–H and O–H groups in total. The highest BCUT2D eigenvalue weighted by Crippen LogP contribution is 2.23. The minimum Gasteiger partial charge on any atom is -0.493 e. The van der Waals surface area contributed by atoms with E-state index in [-0.39, 0.29) is 0 Å². The molecule has 0 saturated carbocycles. The molecule has 0 aliphatic heterocycles. The highest BCUT2D eigenvalue weighted by Gasteiger charge is 2.10. The molecule has 0 atom stereocenters. The maximum Gasteiger partial charge on any atom is 0.140 e. The zero-order valence-corrected chi connectivity index (χ0v) is 18.7. The van der Waals surface area contributed by atoms with Crippen LogP contribution in [0.4, 0.5) is 5.82 Å². The summed E-state index contributed by atoms with van der Waals surface area (Å²) in [5.74, 6) is 1.55. The second-order valence-electron chi connectivity index (χ2n) is 7.45. The molecule has 0 unspecified atom stereocenters. The number of aromatic nitrogens is 4. The van der Waals surface area contributed by atoms with E-state index >= 15 is 0 Å². The molecule has 8 nitrogen and oxygen atoms in total. The minimum atomic E-state index is 0.623. The minimum absolute atomic E-state index is 0.623. The van der Waals surface area contributed by atoms with Crippen molar-refractivity contribution < 1.29 is 4.74 Å². The van der Waals surface area contributed by atoms with Crippen molar-refractivity contribution in [3.05, 3.63) is 78.5 Å². The number of hydrogen-bond donors (Lipinski definition) is 3. The fourth-order valence-corrected chi connectivity index (χ4v) is 3.43. The van der Waals surface area contributed by atoms with Crippen LogP contribution >= 0.6 is 0 Å². The standard InChI is InChI=1S/C25H27N7O/c1-3-10-33-21-8-9-32-23(16-29-25(32)11-21)22-12-24(31-17-30-22)28-14-18-4-6-19(7-5-18)20(13-26)15-27-2/h4-9,11-13,15-17,26-27H,3,10,14H2,1-2H3,(H,28,30,31)/b20-15+,26-13?. The maximum atomic E-state index is 7.54. The highest BCUT2D eigenvalue weighted by molar-refractivity contribution is 6.08. The number of nitrogens with zero attached hydrogens (tertiary/aromatic N) is 4. The summed E-state index contributed by atoms with van der Waals surface area (Å²) in [6.45, 7) is 3.39. The average Bonchev–Trinajstić information content (AvgIpc) is 3.29. The van der Waals surface area contributed by atoms with Crippen LogP contribution in [0.1, 0.15) is 24.5 Å². The van der Waals surface area contributed by atoms with E-state index in [0.29, 0.717) is 13.2 Å². The largest absolute Gasteiger partial charge is 0.493 e. The molecule has 168 valence electrons. The van der Waals surface area contributed by atoms with Crippen molar-refractivity contribution in [2.45, 2.75) is 19.9 Å². The molecule has 3 heterocycles. The van der Waals surface area contributed by atoms with Crippen LogP contribution in [0.2, 0.25) is 0 Å². The molecule has 33 heavy (non-hydrogen) atoms. The third-order valence-electron chi connectivity index (χ3n) is 5.10. The molecule has 1 aromatic carbocycles. The van der Waals surface area contributed by atoms with E-state index in [2.05, 4.69) is 32.5 Å². The van der Waals surface area contributed by atoms with Gasteiger partial charge in [-0.3, -0.25) is 4.40 Å². The lowest BCUT2D eigenvalue weighted by atomic mass is 10.1. The van der Waals surface area contributed by atoms with Crippen LogP contribution in [0.15, 0.2) is 67.4 Å². The number of imidazole rings is 1. The lowest BCUT2D eigenvalue weighted by Crippen LogP contribution is -2.03. The molecule has 0 fully saturated rings. The first-order valence-electron chi connectivity index (χ1n) is 10.8. The second-order valence-corrected chi connectivity index (χ2v) is 7.45. The van der Waals surface area contributed by atoms with Gasteiger partial charge in [-0.05, 0) is 23.6 Å². The number of pyridine rings is 1. The lowest BCUT2D eigenvalue weighted by molar-refractivity contribution is 0.317. The van der Waals surface area contributed by atoms with Crippen molar-refractivity contribution in [1.82, 2.24) is 24.7 Å². The average molecular weight is 442 g/mol. The van der Waals surface area contributed by atoms with E-state index in [4.69, 9.17) is 10.1 Å².